The van der Waals surface area contributed by atoms with Gasteiger partial charge in [-0.2, -0.15) is 0 Å². The first-order valence-electron chi connectivity index (χ1n) is 6.27. The highest BCUT2D eigenvalue weighted by molar-refractivity contribution is 5.69. The third kappa shape index (κ3) is 2.90. The molecule has 17 heavy (non-hydrogen) atoms. The Morgan fingerprint density at radius 3 is 2.24 bits per heavy atom. The standard InChI is InChI=1S/C12H23N3O2/c1-11(2,3)17-10(16)14-8-12(9-14)4-6-15(13)7-5-12/h4-9,13H2,1-3H3. The van der Waals surface area contributed by atoms with Gasteiger partial charge in [0.25, 0.3) is 0 Å². The second-order valence-corrected chi connectivity index (χ2v) is 6.37. The van der Waals surface area contributed by atoms with Crippen LogP contribution in [0, 0.1) is 5.41 Å². The highest BCUT2D eigenvalue weighted by atomic mass is 16.6. The van der Waals surface area contributed by atoms with Crippen molar-refractivity contribution in [3.05, 3.63) is 0 Å². The molecule has 2 fully saturated rings. The van der Waals surface area contributed by atoms with Crippen LogP contribution in [0.2, 0.25) is 0 Å². The van der Waals surface area contributed by atoms with Crippen LogP contribution in [0.15, 0.2) is 0 Å². The maximum absolute atomic E-state index is 11.8. The maximum Gasteiger partial charge on any atom is 0.410 e. The van der Waals surface area contributed by atoms with E-state index >= 15 is 0 Å². The minimum atomic E-state index is -0.402. The van der Waals surface area contributed by atoms with E-state index in [0.717, 1.165) is 39.0 Å². The molecule has 1 spiro atoms. The van der Waals surface area contributed by atoms with Crippen molar-refractivity contribution in [2.45, 2.75) is 39.2 Å². The van der Waals surface area contributed by atoms with Crippen LogP contribution < -0.4 is 5.84 Å². The molecule has 0 aromatic rings. The Morgan fingerprint density at radius 1 is 1.24 bits per heavy atom. The highest BCUT2D eigenvalue weighted by Crippen LogP contribution is 2.40. The molecule has 0 atom stereocenters. The molecule has 0 aromatic carbocycles. The maximum atomic E-state index is 11.8. The summed E-state index contributed by atoms with van der Waals surface area (Å²) < 4.78 is 5.35. The van der Waals surface area contributed by atoms with Gasteiger partial charge >= 0.3 is 6.09 Å². The zero-order valence-electron chi connectivity index (χ0n) is 11.0. The van der Waals surface area contributed by atoms with Crippen molar-refractivity contribution in [1.82, 2.24) is 9.91 Å². The summed E-state index contributed by atoms with van der Waals surface area (Å²) in [5.41, 5.74) is -0.0900. The Labute approximate surface area is 103 Å². The van der Waals surface area contributed by atoms with Gasteiger partial charge in [0.05, 0.1) is 0 Å². The van der Waals surface area contributed by atoms with Gasteiger partial charge in [-0.15, -0.1) is 0 Å². The van der Waals surface area contributed by atoms with Crippen LogP contribution in [0.1, 0.15) is 33.6 Å². The van der Waals surface area contributed by atoms with Crippen molar-refractivity contribution in [2.75, 3.05) is 26.2 Å². The van der Waals surface area contributed by atoms with E-state index in [9.17, 15) is 4.79 Å². The van der Waals surface area contributed by atoms with Crippen molar-refractivity contribution in [3.8, 4) is 0 Å². The molecule has 2 saturated heterocycles. The molecule has 98 valence electrons. The van der Waals surface area contributed by atoms with Gasteiger partial charge in [0.1, 0.15) is 5.60 Å². The molecule has 1 amide bonds. The average molecular weight is 241 g/mol. The molecule has 0 aromatic heterocycles. The first-order chi connectivity index (χ1) is 7.80. The molecule has 0 aliphatic carbocycles. The van der Waals surface area contributed by atoms with E-state index in [4.69, 9.17) is 10.6 Å². The van der Waals surface area contributed by atoms with E-state index in [1.54, 1.807) is 4.90 Å². The Kier molecular flexibility index (Phi) is 3.08. The molecule has 2 rings (SSSR count). The fourth-order valence-electron chi connectivity index (χ4n) is 2.53. The summed E-state index contributed by atoms with van der Waals surface area (Å²) in [6, 6.07) is 0. The lowest BCUT2D eigenvalue weighted by atomic mass is 9.72. The molecule has 0 bridgehead atoms. The number of hydrazine groups is 1. The number of nitrogens with two attached hydrogens (primary N) is 1. The van der Waals surface area contributed by atoms with Crippen LogP contribution in [0.4, 0.5) is 4.79 Å². The second kappa shape index (κ2) is 4.14. The number of hydrogen-bond acceptors (Lipinski definition) is 4. The monoisotopic (exact) mass is 241 g/mol. The van der Waals surface area contributed by atoms with Crippen molar-refractivity contribution < 1.29 is 9.53 Å². The van der Waals surface area contributed by atoms with Crippen molar-refractivity contribution in [3.63, 3.8) is 0 Å². The molecule has 0 saturated carbocycles. The van der Waals surface area contributed by atoms with Crippen molar-refractivity contribution in [1.29, 1.82) is 0 Å². The molecule has 2 aliphatic rings. The molecule has 5 nitrogen and oxygen atoms in total. The van der Waals surface area contributed by atoms with Gasteiger partial charge in [-0.05, 0) is 33.6 Å². The number of rotatable bonds is 0. The van der Waals surface area contributed by atoms with Crippen LogP contribution in [-0.2, 0) is 4.74 Å². The number of hydrogen-bond donors (Lipinski definition) is 1. The van der Waals surface area contributed by atoms with Gasteiger partial charge in [0.2, 0.25) is 0 Å². The van der Waals surface area contributed by atoms with Crippen molar-refractivity contribution >= 4 is 6.09 Å². The summed E-state index contributed by atoms with van der Waals surface area (Å²) >= 11 is 0. The number of likely N-dealkylation sites (tertiary alicyclic amines) is 1. The first kappa shape index (κ1) is 12.6. The van der Waals surface area contributed by atoms with Gasteiger partial charge < -0.3 is 9.64 Å². The fourth-order valence-corrected chi connectivity index (χ4v) is 2.53. The van der Waals surface area contributed by atoms with Crippen LogP contribution in [0.5, 0.6) is 0 Å². The number of piperidine rings is 1. The normalized spacial score (nSPS) is 24.6. The molecule has 0 unspecified atom stereocenters. The summed E-state index contributed by atoms with van der Waals surface area (Å²) in [5, 5.41) is 1.86. The Morgan fingerprint density at radius 2 is 1.76 bits per heavy atom. The highest BCUT2D eigenvalue weighted by Gasteiger charge is 2.47. The lowest BCUT2D eigenvalue weighted by Crippen LogP contribution is -2.63. The zero-order chi connectivity index (χ0) is 12.7. The molecule has 5 heteroatoms. The van der Waals surface area contributed by atoms with Gasteiger partial charge in [0.15, 0.2) is 0 Å². The van der Waals surface area contributed by atoms with E-state index in [0.29, 0.717) is 5.41 Å². The third-order valence-corrected chi connectivity index (χ3v) is 3.56. The summed E-state index contributed by atoms with van der Waals surface area (Å²) in [6.07, 6.45) is 1.99. The Bertz CT molecular complexity index is 295. The van der Waals surface area contributed by atoms with Crippen LogP contribution >= 0.6 is 0 Å². The van der Waals surface area contributed by atoms with E-state index in [2.05, 4.69) is 0 Å². The van der Waals surface area contributed by atoms with Crippen LogP contribution in [-0.4, -0.2) is 47.8 Å². The Balaban J connectivity index is 1.80. The average Bonchev–Trinajstić information content (AvgIpc) is 2.13. The largest absolute Gasteiger partial charge is 0.444 e. The van der Waals surface area contributed by atoms with Gasteiger partial charge in [-0.1, -0.05) is 0 Å². The third-order valence-electron chi connectivity index (χ3n) is 3.56. The minimum absolute atomic E-state index is 0.182. The smallest absolute Gasteiger partial charge is 0.410 e. The van der Waals surface area contributed by atoms with E-state index in [-0.39, 0.29) is 6.09 Å². The zero-order valence-corrected chi connectivity index (χ0v) is 11.0. The predicted octanol–water partition coefficient (Wildman–Crippen LogP) is 1.19. The fraction of sp³-hybridized carbons (Fsp3) is 0.917. The summed E-state index contributed by atoms with van der Waals surface area (Å²) in [5.74, 6) is 5.74. The number of nitrogens with zero attached hydrogens (tertiary/aromatic N) is 2. The summed E-state index contributed by atoms with van der Waals surface area (Å²) in [4.78, 5) is 13.6. The quantitative estimate of drug-likeness (QED) is 0.647. The van der Waals surface area contributed by atoms with E-state index < -0.39 is 5.60 Å². The second-order valence-electron chi connectivity index (χ2n) is 6.37. The number of carbonyl (C=O) groups is 1. The number of amides is 1. The minimum Gasteiger partial charge on any atom is -0.444 e. The lowest BCUT2D eigenvalue weighted by molar-refractivity contribution is -0.0593. The molecule has 2 heterocycles. The molecule has 2 aliphatic heterocycles. The van der Waals surface area contributed by atoms with Gasteiger partial charge in [0, 0.05) is 31.6 Å². The van der Waals surface area contributed by atoms with Crippen LogP contribution in [0.25, 0.3) is 0 Å². The van der Waals surface area contributed by atoms with Gasteiger partial charge in [-0.3, -0.25) is 5.84 Å². The van der Waals surface area contributed by atoms with E-state index in [1.807, 2.05) is 25.8 Å². The van der Waals surface area contributed by atoms with Crippen LogP contribution in [0.3, 0.4) is 0 Å². The van der Waals surface area contributed by atoms with E-state index in [1.165, 1.54) is 0 Å². The number of ether oxygens (including phenoxy) is 1. The molecular formula is C12H23N3O2. The molecular weight excluding hydrogens is 218 g/mol. The summed E-state index contributed by atoms with van der Waals surface area (Å²) in [7, 11) is 0. The SMILES string of the molecule is CC(C)(C)OC(=O)N1CC2(CCN(N)CC2)C1. The molecule has 2 N–H and O–H groups in total. The first-order valence-corrected chi connectivity index (χ1v) is 6.27. The van der Waals surface area contributed by atoms with Crippen molar-refractivity contribution in [2.24, 2.45) is 11.3 Å². The predicted molar refractivity (Wildman–Crippen MR) is 65.2 cm³/mol. The molecule has 0 radical (unpaired) electrons. The van der Waals surface area contributed by atoms with Gasteiger partial charge in [-0.25, -0.2) is 9.80 Å². The topological polar surface area (TPSA) is 58.8 Å². The lowest BCUT2D eigenvalue weighted by Gasteiger charge is -2.53. The Hall–Kier alpha value is -0.810. The number of carbonyl (C=O) groups excluding carboxylic acids is 1. The summed E-state index contributed by atoms with van der Waals surface area (Å²) in [6.45, 7) is 9.21.